The second kappa shape index (κ2) is 9.19. The van der Waals surface area contributed by atoms with E-state index in [9.17, 15) is 8.42 Å². The van der Waals surface area contributed by atoms with Crippen molar-refractivity contribution in [3.8, 4) is 0 Å². The van der Waals surface area contributed by atoms with Gasteiger partial charge in [-0.25, -0.2) is 8.42 Å². The molecular weight excluding hydrogens is 449 g/mol. The molecule has 0 bridgehead atoms. The number of nitrogens with zero attached hydrogens (tertiary/aromatic N) is 1. The zero-order valence-corrected chi connectivity index (χ0v) is 17.3. The number of thiophene rings is 1. The molecule has 0 saturated carbocycles. The predicted molar refractivity (Wildman–Crippen MR) is 106 cm³/mol. The van der Waals surface area contributed by atoms with Crippen molar-refractivity contribution in [2.24, 2.45) is 4.99 Å². The smallest absolute Gasteiger partial charge is 0.191 e. The molecule has 0 aliphatic carbocycles. The molecule has 2 N–H and O–H groups in total. The first-order valence-corrected chi connectivity index (χ1v) is 9.98. The lowest BCUT2D eigenvalue weighted by molar-refractivity contribution is 0.0756. The van der Waals surface area contributed by atoms with Crippen molar-refractivity contribution in [3.05, 3.63) is 22.4 Å². The lowest BCUT2D eigenvalue weighted by Crippen LogP contribution is -2.53. The highest BCUT2D eigenvalue weighted by Gasteiger charge is 2.42. The van der Waals surface area contributed by atoms with Gasteiger partial charge in [0.1, 0.15) is 0 Å². The minimum atomic E-state index is -3.17. The predicted octanol–water partition coefficient (Wildman–Crippen LogP) is 1.62. The largest absolute Gasteiger partial charge is 0.381 e. The normalized spacial score (nSPS) is 18.1. The molecule has 0 atom stereocenters. The van der Waals surface area contributed by atoms with E-state index in [-0.39, 0.29) is 24.0 Å². The summed E-state index contributed by atoms with van der Waals surface area (Å²) >= 11 is 1.67. The molecule has 1 saturated heterocycles. The summed E-state index contributed by atoms with van der Waals surface area (Å²) in [6.07, 6.45) is 2.34. The molecule has 1 fully saturated rings. The minimum Gasteiger partial charge on any atom is -0.381 e. The summed E-state index contributed by atoms with van der Waals surface area (Å²) in [4.78, 5) is 5.36. The summed E-state index contributed by atoms with van der Waals surface area (Å²) in [6, 6.07) is 4.04. The van der Waals surface area contributed by atoms with Crippen LogP contribution in [0.25, 0.3) is 0 Å². The Bertz CT molecular complexity index is 597. The highest BCUT2D eigenvalue weighted by atomic mass is 127. The van der Waals surface area contributed by atoms with Gasteiger partial charge in [0, 0.05) is 37.9 Å². The standard InChI is InChI=1S/C14H23N3O3S2.HI/c1-15-13(16-10-12-4-3-9-21-12)17-11-14(22(2,18)19)5-7-20-8-6-14;/h3-4,9H,5-8,10-11H2,1-2H3,(H2,15,16,17);1H. The number of hydrogen-bond donors (Lipinski definition) is 2. The van der Waals surface area contributed by atoms with E-state index in [0.29, 0.717) is 45.1 Å². The Morgan fingerprint density at radius 2 is 2.09 bits per heavy atom. The molecule has 1 aliphatic rings. The molecule has 1 aliphatic heterocycles. The van der Waals surface area contributed by atoms with Crippen LogP contribution in [0.15, 0.2) is 22.5 Å². The van der Waals surface area contributed by atoms with Crippen LogP contribution in [0.5, 0.6) is 0 Å². The van der Waals surface area contributed by atoms with Crippen molar-refractivity contribution in [3.63, 3.8) is 0 Å². The summed E-state index contributed by atoms with van der Waals surface area (Å²) in [7, 11) is -1.49. The van der Waals surface area contributed by atoms with Gasteiger partial charge in [0.15, 0.2) is 15.8 Å². The molecular formula is C14H24IN3O3S2. The maximum Gasteiger partial charge on any atom is 0.191 e. The molecule has 23 heavy (non-hydrogen) atoms. The third-order valence-electron chi connectivity index (χ3n) is 4.00. The SMILES string of the molecule is CN=C(NCc1cccs1)NCC1(S(C)(=O)=O)CCOCC1.I. The van der Waals surface area contributed by atoms with Crippen LogP contribution in [0.2, 0.25) is 0 Å². The number of sulfone groups is 1. The Kier molecular flexibility index (Phi) is 8.25. The van der Waals surface area contributed by atoms with E-state index in [1.54, 1.807) is 18.4 Å². The number of hydrogen-bond acceptors (Lipinski definition) is 5. The summed E-state index contributed by atoms with van der Waals surface area (Å²) in [5.41, 5.74) is 0. The second-order valence-corrected chi connectivity index (χ2v) is 8.87. The number of guanidine groups is 1. The van der Waals surface area contributed by atoms with E-state index in [2.05, 4.69) is 15.6 Å². The molecule has 6 nitrogen and oxygen atoms in total. The molecule has 0 unspecified atom stereocenters. The zero-order valence-electron chi connectivity index (χ0n) is 13.4. The minimum absolute atomic E-state index is 0. The Labute approximate surface area is 159 Å². The fourth-order valence-electron chi connectivity index (χ4n) is 2.47. The van der Waals surface area contributed by atoms with Crippen LogP contribution < -0.4 is 10.6 Å². The van der Waals surface area contributed by atoms with Crippen molar-refractivity contribution >= 4 is 51.1 Å². The van der Waals surface area contributed by atoms with Gasteiger partial charge in [0.05, 0.1) is 11.3 Å². The summed E-state index contributed by atoms with van der Waals surface area (Å²) in [5.74, 6) is 0.614. The summed E-state index contributed by atoms with van der Waals surface area (Å²) in [6.45, 7) is 1.98. The van der Waals surface area contributed by atoms with Crippen molar-refractivity contribution in [1.82, 2.24) is 10.6 Å². The monoisotopic (exact) mass is 473 g/mol. The van der Waals surface area contributed by atoms with E-state index in [4.69, 9.17) is 4.74 Å². The zero-order chi connectivity index (χ0) is 16.1. The Balaban J connectivity index is 0.00000264. The van der Waals surface area contributed by atoms with Crippen molar-refractivity contribution in [2.75, 3.05) is 33.1 Å². The average molecular weight is 473 g/mol. The Hall–Kier alpha value is -0.390. The van der Waals surface area contributed by atoms with E-state index in [1.807, 2.05) is 17.5 Å². The van der Waals surface area contributed by atoms with Gasteiger partial charge in [0.25, 0.3) is 0 Å². The maximum absolute atomic E-state index is 12.2. The topological polar surface area (TPSA) is 79.8 Å². The van der Waals surface area contributed by atoms with Crippen LogP contribution in [0.4, 0.5) is 0 Å². The fraction of sp³-hybridized carbons (Fsp3) is 0.643. The van der Waals surface area contributed by atoms with E-state index in [0.717, 1.165) is 0 Å². The molecule has 9 heteroatoms. The fourth-order valence-corrected chi connectivity index (χ4v) is 4.36. The van der Waals surface area contributed by atoms with Crippen LogP contribution >= 0.6 is 35.3 Å². The Morgan fingerprint density at radius 3 is 2.61 bits per heavy atom. The van der Waals surface area contributed by atoms with Crippen LogP contribution in [-0.2, 0) is 21.1 Å². The van der Waals surface area contributed by atoms with Gasteiger partial charge in [-0.15, -0.1) is 35.3 Å². The molecule has 2 heterocycles. The third-order valence-corrected chi connectivity index (χ3v) is 7.00. The summed E-state index contributed by atoms with van der Waals surface area (Å²) < 4.78 is 28.9. The van der Waals surface area contributed by atoms with Gasteiger partial charge >= 0.3 is 0 Å². The molecule has 0 radical (unpaired) electrons. The maximum atomic E-state index is 12.2. The third kappa shape index (κ3) is 5.57. The van der Waals surface area contributed by atoms with Gasteiger partial charge in [-0.1, -0.05) is 6.07 Å². The quantitative estimate of drug-likeness (QED) is 0.386. The van der Waals surface area contributed by atoms with Gasteiger partial charge in [0.2, 0.25) is 0 Å². The highest BCUT2D eigenvalue weighted by Crippen LogP contribution is 2.28. The van der Waals surface area contributed by atoms with Gasteiger partial charge < -0.3 is 15.4 Å². The van der Waals surface area contributed by atoms with Crippen LogP contribution in [-0.4, -0.2) is 52.2 Å². The highest BCUT2D eigenvalue weighted by molar-refractivity contribution is 14.0. The van der Waals surface area contributed by atoms with Crippen molar-refractivity contribution in [2.45, 2.75) is 24.1 Å². The number of halogens is 1. The van der Waals surface area contributed by atoms with Crippen LogP contribution in [0, 0.1) is 0 Å². The number of ether oxygens (including phenoxy) is 1. The van der Waals surface area contributed by atoms with E-state index in [1.165, 1.54) is 11.1 Å². The van der Waals surface area contributed by atoms with Crippen LogP contribution in [0.3, 0.4) is 0 Å². The van der Waals surface area contributed by atoms with Gasteiger partial charge in [-0.3, -0.25) is 4.99 Å². The van der Waals surface area contributed by atoms with Crippen LogP contribution in [0.1, 0.15) is 17.7 Å². The average Bonchev–Trinajstić information content (AvgIpc) is 3.00. The van der Waals surface area contributed by atoms with Crippen molar-refractivity contribution < 1.29 is 13.2 Å². The molecule has 1 aromatic heterocycles. The second-order valence-electron chi connectivity index (χ2n) is 5.43. The van der Waals surface area contributed by atoms with Crippen molar-refractivity contribution in [1.29, 1.82) is 0 Å². The van der Waals surface area contributed by atoms with Gasteiger partial charge in [-0.2, -0.15) is 0 Å². The first kappa shape index (κ1) is 20.7. The first-order chi connectivity index (χ1) is 10.5. The first-order valence-electron chi connectivity index (χ1n) is 7.21. The molecule has 1 aromatic rings. The van der Waals surface area contributed by atoms with E-state index < -0.39 is 14.6 Å². The lowest BCUT2D eigenvalue weighted by Gasteiger charge is -2.35. The molecule has 2 rings (SSSR count). The molecule has 0 spiro atoms. The number of aliphatic imine (C=N–C) groups is 1. The summed E-state index contributed by atoms with van der Waals surface area (Å²) in [5, 5.41) is 8.38. The molecule has 0 aromatic carbocycles. The molecule has 132 valence electrons. The number of nitrogens with one attached hydrogen (secondary N) is 2. The molecule has 0 amide bonds. The lowest BCUT2D eigenvalue weighted by atomic mass is 9.99. The Morgan fingerprint density at radius 1 is 1.39 bits per heavy atom. The number of rotatable bonds is 5. The van der Waals surface area contributed by atoms with Gasteiger partial charge in [-0.05, 0) is 24.3 Å². The van der Waals surface area contributed by atoms with E-state index >= 15 is 0 Å².